The van der Waals surface area contributed by atoms with Crippen LogP contribution < -0.4 is 4.90 Å². The van der Waals surface area contributed by atoms with E-state index in [0.717, 1.165) is 16.9 Å². The molecular formula is C10H15BrN2S. The Hall–Kier alpha value is -0.0900. The highest BCUT2D eigenvalue weighted by atomic mass is 79.9. The van der Waals surface area contributed by atoms with E-state index >= 15 is 0 Å². The number of hydrogen-bond acceptors (Lipinski definition) is 3. The molecule has 1 unspecified atom stereocenters. The van der Waals surface area contributed by atoms with Crippen molar-refractivity contribution in [3.63, 3.8) is 0 Å². The van der Waals surface area contributed by atoms with Gasteiger partial charge >= 0.3 is 0 Å². The first-order valence-electron chi connectivity index (χ1n) is 5.05. The van der Waals surface area contributed by atoms with Gasteiger partial charge in [0, 0.05) is 23.8 Å². The molecule has 2 nitrogen and oxygen atoms in total. The first kappa shape index (κ1) is 10.4. The molecule has 1 aliphatic heterocycles. The first-order chi connectivity index (χ1) is 6.79. The first-order valence-corrected chi connectivity index (χ1v) is 7.05. The van der Waals surface area contributed by atoms with E-state index < -0.39 is 0 Å². The normalized spacial score (nSPS) is 22.7. The van der Waals surface area contributed by atoms with E-state index in [-0.39, 0.29) is 0 Å². The van der Waals surface area contributed by atoms with Crippen molar-refractivity contribution >= 4 is 32.4 Å². The summed E-state index contributed by atoms with van der Waals surface area (Å²) >= 11 is 5.20. The van der Waals surface area contributed by atoms with E-state index in [1.807, 2.05) is 0 Å². The second-order valence-electron chi connectivity index (χ2n) is 3.95. The Morgan fingerprint density at radius 3 is 3.21 bits per heavy atom. The standard InChI is InChI=1S/C10H15BrN2S/c1-8-3-2-4-13(6-8)10-12-9(5-11)7-14-10/h7-8H,2-6H2,1H3. The molecule has 1 aromatic rings. The lowest BCUT2D eigenvalue weighted by molar-refractivity contribution is 0.446. The number of piperidine rings is 1. The number of hydrogen-bond donors (Lipinski definition) is 0. The van der Waals surface area contributed by atoms with Crippen LogP contribution in [-0.2, 0) is 5.33 Å². The van der Waals surface area contributed by atoms with Crippen molar-refractivity contribution in [2.75, 3.05) is 18.0 Å². The summed E-state index contributed by atoms with van der Waals surface area (Å²) in [5.74, 6) is 0.820. The molecule has 0 amide bonds. The van der Waals surface area contributed by atoms with Crippen molar-refractivity contribution in [3.8, 4) is 0 Å². The second kappa shape index (κ2) is 4.62. The van der Waals surface area contributed by atoms with Crippen molar-refractivity contribution in [2.24, 2.45) is 5.92 Å². The van der Waals surface area contributed by atoms with E-state index in [4.69, 9.17) is 0 Å². The SMILES string of the molecule is CC1CCCN(c2nc(CBr)cs2)C1. The Bertz CT molecular complexity index is 300. The largest absolute Gasteiger partial charge is 0.348 e. The fourth-order valence-corrected chi connectivity index (χ4v) is 3.23. The number of rotatable bonds is 2. The van der Waals surface area contributed by atoms with Gasteiger partial charge in [0.1, 0.15) is 0 Å². The summed E-state index contributed by atoms with van der Waals surface area (Å²) in [6.45, 7) is 4.68. The third-order valence-electron chi connectivity index (χ3n) is 2.60. The minimum atomic E-state index is 0.820. The molecule has 1 aromatic heterocycles. The molecule has 2 heterocycles. The van der Waals surface area contributed by atoms with Crippen molar-refractivity contribution in [1.29, 1.82) is 0 Å². The van der Waals surface area contributed by atoms with Crippen LogP contribution in [0, 0.1) is 5.92 Å². The van der Waals surface area contributed by atoms with Gasteiger partial charge in [-0.05, 0) is 18.8 Å². The van der Waals surface area contributed by atoms with Gasteiger partial charge in [-0.2, -0.15) is 0 Å². The van der Waals surface area contributed by atoms with Gasteiger partial charge < -0.3 is 4.90 Å². The summed E-state index contributed by atoms with van der Waals surface area (Å²) in [6, 6.07) is 0. The topological polar surface area (TPSA) is 16.1 Å². The molecule has 0 bridgehead atoms. The maximum absolute atomic E-state index is 4.58. The number of thiazole rings is 1. The van der Waals surface area contributed by atoms with Gasteiger partial charge in [0.05, 0.1) is 5.69 Å². The highest BCUT2D eigenvalue weighted by Crippen LogP contribution is 2.26. The molecule has 4 heteroatoms. The van der Waals surface area contributed by atoms with E-state index in [1.54, 1.807) is 11.3 Å². The van der Waals surface area contributed by atoms with Gasteiger partial charge in [0.15, 0.2) is 5.13 Å². The van der Waals surface area contributed by atoms with Crippen LogP contribution in [0.2, 0.25) is 0 Å². The quantitative estimate of drug-likeness (QED) is 0.770. The Morgan fingerprint density at radius 1 is 1.71 bits per heavy atom. The molecule has 2 rings (SSSR count). The fourth-order valence-electron chi connectivity index (χ4n) is 1.87. The van der Waals surface area contributed by atoms with Crippen LogP contribution in [0.4, 0.5) is 5.13 Å². The van der Waals surface area contributed by atoms with Crippen LogP contribution >= 0.6 is 27.3 Å². The van der Waals surface area contributed by atoms with Crippen LogP contribution in [0.1, 0.15) is 25.5 Å². The zero-order valence-corrected chi connectivity index (χ0v) is 10.8. The number of anilines is 1. The molecule has 0 aromatic carbocycles. The molecule has 0 saturated carbocycles. The predicted octanol–water partition coefficient (Wildman–Crippen LogP) is 3.27. The number of alkyl halides is 1. The Balaban J connectivity index is 2.06. The van der Waals surface area contributed by atoms with Crippen molar-refractivity contribution in [3.05, 3.63) is 11.1 Å². The minimum absolute atomic E-state index is 0.820. The fraction of sp³-hybridized carbons (Fsp3) is 0.700. The van der Waals surface area contributed by atoms with Crippen LogP contribution in [0.15, 0.2) is 5.38 Å². The summed E-state index contributed by atoms with van der Waals surface area (Å²) in [7, 11) is 0. The van der Waals surface area contributed by atoms with E-state index in [9.17, 15) is 0 Å². The van der Waals surface area contributed by atoms with Crippen LogP contribution in [0.5, 0.6) is 0 Å². The molecule has 0 radical (unpaired) electrons. The molecule has 14 heavy (non-hydrogen) atoms. The lowest BCUT2D eigenvalue weighted by atomic mass is 10.0. The third kappa shape index (κ3) is 2.28. The molecule has 1 atom stereocenters. The van der Waals surface area contributed by atoms with Gasteiger partial charge in [0.2, 0.25) is 0 Å². The highest BCUT2D eigenvalue weighted by Gasteiger charge is 2.18. The molecule has 0 aliphatic carbocycles. The maximum Gasteiger partial charge on any atom is 0.185 e. The van der Waals surface area contributed by atoms with E-state index in [0.29, 0.717) is 0 Å². The van der Waals surface area contributed by atoms with Crippen LogP contribution in [0.3, 0.4) is 0 Å². The lowest BCUT2D eigenvalue weighted by Crippen LogP contribution is -2.34. The maximum atomic E-state index is 4.58. The predicted molar refractivity (Wildman–Crippen MR) is 65.4 cm³/mol. The Morgan fingerprint density at radius 2 is 2.57 bits per heavy atom. The summed E-state index contributed by atoms with van der Waals surface area (Å²) in [6.07, 6.45) is 2.68. The number of aromatic nitrogens is 1. The number of nitrogens with zero attached hydrogens (tertiary/aromatic N) is 2. The van der Waals surface area contributed by atoms with E-state index in [2.05, 4.69) is 38.1 Å². The average molecular weight is 275 g/mol. The summed E-state index contributed by atoms with van der Waals surface area (Å²) < 4.78 is 0. The molecule has 0 N–H and O–H groups in total. The summed E-state index contributed by atoms with van der Waals surface area (Å²) in [5.41, 5.74) is 1.16. The molecule has 1 aliphatic rings. The minimum Gasteiger partial charge on any atom is -0.348 e. The lowest BCUT2D eigenvalue weighted by Gasteiger charge is -2.30. The average Bonchev–Trinajstić information content (AvgIpc) is 2.66. The molecule has 1 saturated heterocycles. The van der Waals surface area contributed by atoms with Crippen molar-refractivity contribution < 1.29 is 0 Å². The van der Waals surface area contributed by atoms with Gasteiger partial charge in [0.25, 0.3) is 0 Å². The molecule has 1 fully saturated rings. The monoisotopic (exact) mass is 274 g/mol. The smallest absolute Gasteiger partial charge is 0.185 e. The summed E-state index contributed by atoms with van der Waals surface area (Å²) in [5, 5.41) is 4.21. The molecular weight excluding hydrogens is 260 g/mol. The van der Waals surface area contributed by atoms with Gasteiger partial charge in [-0.25, -0.2) is 4.98 Å². The van der Waals surface area contributed by atoms with Gasteiger partial charge in [-0.3, -0.25) is 0 Å². The zero-order valence-electron chi connectivity index (χ0n) is 8.37. The molecule has 78 valence electrons. The van der Waals surface area contributed by atoms with E-state index in [1.165, 1.54) is 31.1 Å². The Kier molecular flexibility index (Phi) is 3.44. The highest BCUT2D eigenvalue weighted by molar-refractivity contribution is 9.08. The third-order valence-corrected chi connectivity index (χ3v) is 4.13. The summed E-state index contributed by atoms with van der Waals surface area (Å²) in [4.78, 5) is 7.01. The Labute approximate surface area is 97.5 Å². The van der Waals surface area contributed by atoms with Crippen molar-refractivity contribution in [1.82, 2.24) is 4.98 Å². The zero-order chi connectivity index (χ0) is 9.97. The van der Waals surface area contributed by atoms with Gasteiger partial charge in [-0.15, -0.1) is 11.3 Å². The van der Waals surface area contributed by atoms with Crippen LogP contribution in [0.25, 0.3) is 0 Å². The van der Waals surface area contributed by atoms with Crippen LogP contribution in [-0.4, -0.2) is 18.1 Å². The van der Waals surface area contributed by atoms with Gasteiger partial charge in [-0.1, -0.05) is 22.9 Å². The number of halogens is 1. The molecule has 0 spiro atoms. The second-order valence-corrected chi connectivity index (χ2v) is 5.35. The van der Waals surface area contributed by atoms with Crippen molar-refractivity contribution in [2.45, 2.75) is 25.1 Å².